The van der Waals surface area contributed by atoms with Gasteiger partial charge in [-0.3, -0.25) is 9.10 Å². The smallest absolute Gasteiger partial charge is 0.232 e. The maximum Gasteiger partial charge on any atom is 0.232 e. The lowest BCUT2D eigenvalue weighted by atomic mass is 9.96. The van der Waals surface area contributed by atoms with Crippen LogP contribution in [0.3, 0.4) is 0 Å². The van der Waals surface area contributed by atoms with Crippen LogP contribution in [-0.4, -0.2) is 46.4 Å². The van der Waals surface area contributed by atoms with Crippen LogP contribution in [0.5, 0.6) is 11.5 Å². The Morgan fingerprint density at radius 2 is 1.72 bits per heavy atom. The van der Waals surface area contributed by atoms with Crippen molar-refractivity contribution in [1.29, 1.82) is 0 Å². The van der Waals surface area contributed by atoms with Gasteiger partial charge < -0.3 is 14.8 Å². The van der Waals surface area contributed by atoms with Crippen LogP contribution < -0.4 is 19.1 Å². The number of fused-ring (bicyclic) bond motifs is 1. The number of sulfonamides is 1. The van der Waals surface area contributed by atoms with E-state index in [0.717, 1.165) is 25.7 Å². The van der Waals surface area contributed by atoms with Crippen molar-refractivity contribution in [3.63, 3.8) is 0 Å². The fourth-order valence-electron chi connectivity index (χ4n) is 3.96. The van der Waals surface area contributed by atoms with E-state index in [2.05, 4.69) is 5.32 Å². The molecule has 0 unspecified atom stereocenters. The number of anilines is 1. The van der Waals surface area contributed by atoms with Gasteiger partial charge in [0.2, 0.25) is 15.9 Å². The molecule has 2 aliphatic rings. The highest BCUT2D eigenvalue weighted by Gasteiger charge is 2.21. The van der Waals surface area contributed by atoms with Gasteiger partial charge >= 0.3 is 0 Å². The highest BCUT2D eigenvalue weighted by Crippen LogP contribution is 2.34. The van der Waals surface area contributed by atoms with Crippen LogP contribution in [0.2, 0.25) is 0 Å². The molecule has 1 amide bonds. The van der Waals surface area contributed by atoms with E-state index in [9.17, 15) is 13.2 Å². The van der Waals surface area contributed by atoms with Crippen molar-refractivity contribution in [1.82, 2.24) is 5.32 Å². The van der Waals surface area contributed by atoms with Gasteiger partial charge in [-0.15, -0.1) is 0 Å². The minimum Gasteiger partial charge on any atom is -0.486 e. The van der Waals surface area contributed by atoms with E-state index in [-0.39, 0.29) is 18.5 Å². The zero-order valence-corrected chi connectivity index (χ0v) is 18.0. The summed E-state index contributed by atoms with van der Waals surface area (Å²) in [5, 5.41) is 3.14. The predicted octanol–water partition coefficient (Wildman–Crippen LogP) is 3.23. The average Bonchev–Trinajstić information content (AvgIpc) is 2.66. The summed E-state index contributed by atoms with van der Waals surface area (Å²) in [4.78, 5) is 12.4. The number of amides is 1. The second-order valence-electron chi connectivity index (χ2n) is 7.88. The van der Waals surface area contributed by atoms with Crippen molar-refractivity contribution in [3.8, 4) is 11.5 Å². The summed E-state index contributed by atoms with van der Waals surface area (Å²) in [7, 11) is -3.47. The van der Waals surface area contributed by atoms with E-state index in [0.29, 0.717) is 43.2 Å². The predicted molar refractivity (Wildman–Crippen MR) is 113 cm³/mol. The number of benzene rings is 1. The molecule has 8 heteroatoms. The number of rotatable bonds is 7. The summed E-state index contributed by atoms with van der Waals surface area (Å²) in [6, 6.07) is 5.38. The lowest BCUT2D eigenvalue weighted by Crippen LogP contribution is -2.36. The largest absolute Gasteiger partial charge is 0.486 e. The number of carbonyl (C=O) groups is 1. The molecule has 0 spiro atoms. The number of nitrogens with one attached hydrogen (secondary N) is 1. The highest BCUT2D eigenvalue weighted by atomic mass is 32.2. The van der Waals surface area contributed by atoms with Crippen LogP contribution >= 0.6 is 0 Å². The summed E-state index contributed by atoms with van der Waals surface area (Å²) < 4.78 is 37.0. The molecular weight excluding hydrogens is 392 g/mol. The molecule has 0 saturated heterocycles. The third-order valence-electron chi connectivity index (χ3n) is 5.45. The molecule has 3 rings (SSSR count). The van der Waals surface area contributed by atoms with Crippen molar-refractivity contribution >= 4 is 21.6 Å². The standard InChI is InChI=1S/C21H32N2O5S/c1-29(25,26)23(18-11-12-19-20(16-18)28-15-14-27-19)13-7-10-21(24)22-17-8-5-3-2-4-6-9-17/h11-12,16-17H,2-10,13-15H2,1H3,(H,22,24). The quantitative estimate of drug-likeness (QED) is 0.726. The van der Waals surface area contributed by atoms with E-state index >= 15 is 0 Å². The van der Waals surface area contributed by atoms with Gasteiger partial charge in [0.25, 0.3) is 0 Å². The Bertz CT molecular complexity index is 788. The molecule has 1 aromatic rings. The van der Waals surface area contributed by atoms with Crippen molar-refractivity contribution in [3.05, 3.63) is 18.2 Å². The van der Waals surface area contributed by atoms with E-state index < -0.39 is 10.0 Å². The van der Waals surface area contributed by atoms with Crippen LogP contribution in [0.1, 0.15) is 57.8 Å². The maximum atomic E-state index is 12.4. The third kappa shape index (κ3) is 6.52. The van der Waals surface area contributed by atoms with Crippen LogP contribution in [0.4, 0.5) is 5.69 Å². The molecule has 0 radical (unpaired) electrons. The van der Waals surface area contributed by atoms with Gasteiger partial charge in [-0.25, -0.2) is 8.42 Å². The first-order valence-electron chi connectivity index (χ1n) is 10.6. The molecule has 1 heterocycles. The molecular formula is C21H32N2O5S. The Balaban J connectivity index is 1.55. The zero-order chi connectivity index (χ0) is 20.7. The van der Waals surface area contributed by atoms with Crippen LogP contribution in [0.15, 0.2) is 18.2 Å². The normalized spacial score (nSPS) is 17.8. The second kappa shape index (κ2) is 10.2. The molecule has 29 heavy (non-hydrogen) atoms. The van der Waals surface area contributed by atoms with Crippen molar-refractivity contribution in [2.45, 2.75) is 63.8 Å². The Labute approximate surface area is 173 Å². The number of hydrogen-bond acceptors (Lipinski definition) is 5. The average molecular weight is 425 g/mol. The van der Waals surface area contributed by atoms with Gasteiger partial charge in [0.05, 0.1) is 11.9 Å². The van der Waals surface area contributed by atoms with Crippen molar-refractivity contribution < 1.29 is 22.7 Å². The summed E-state index contributed by atoms with van der Waals surface area (Å²) >= 11 is 0. The number of nitrogens with zero attached hydrogens (tertiary/aromatic N) is 1. The molecule has 1 aliphatic heterocycles. The van der Waals surface area contributed by atoms with Gasteiger partial charge in [0, 0.05) is 25.1 Å². The minimum absolute atomic E-state index is 0.00574. The van der Waals surface area contributed by atoms with Crippen molar-refractivity contribution in [2.24, 2.45) is 0 Å². The Hall–Kier alpha value is -1.96. The van der Waals surface area contributed by atoms with E-state index in [1.54, 1.807) is 18.2 Å². The molecule has 1 aromatic carbocycles. The topological polar surface area (TPSA) is 84.9 Å². The molecule has 1 saturated carbocycles. The molecule has 1 fully saturated rings. The van der Waals surface area contributed by atoms with Crippen LogP contribution in [0, 0.1) is 0 Å². The monoisotopic (exact) mass is 424 g/mol. The maximum absolute atomic E-state index is 12.4. The highest BCUT2D eigenvalue weighted by molar-refractivity contribution is 7.92. The van der Waals surface area contributed by atoms with E-state index in [1.807, 2.05) is 0 Å². The van der Waals surface area contributed by atoms with Gasteiger partial charge in [0.1, 0.15) is 13.2 Å². The first kappa shape index (κ1) is 21.7. The number of ether oxygens (including phenoxy) is 2. The SMILES string of the molecule is CS(=O)(=O)N(CCCC(=O)NC1CCCCCCC1)c1ccc2c(c1)OCCO2. The first-order chi connectivity index (χ1) is 13.9. The zero-order valence-electron chi connectivity index (χ0n) is 17.2. The third-order valence-corrected chi connectivity index (χ3v) is 6.64. The van der Waals surface area contributed by atoms with Crippen LogP contribution in [-0.2, 0) is 14.8 Å². The van der Waals surface area contributed by atoms with Crippen LogP contribution in [0.25, 0.3) is 0 Å². The fraction of sp³-hybridized carbons (Fsp3) is 0.667. The summed E-state index contributed by atoms with van der Waals surface area (Å²) in [5.41, 5.74) is 0.525. The molecule has 7 nitrogen and oxygen atoms in total. The molecule has 0 aromatic heterocycles. The fourth-order valence-corrected chi connectivity index (χ4v) is 4.91. The Morgan fingerprint density at radius 1 is 1.07 bits per heavy atom. The number of hydrogen-bond donors (Lipinski definition) is 1. The lowest BCUT2D eigenvalue weighted by molar-refractivity contribution is -0.122. The summed E-state index contributed by atoms with van der Waals surface area (Å²) in [5.74, 6) is 1.17. The van der Waals surface area contributed by atoms with Gasteiger partial charge in [-0.1, -0.05) is 32.1 Å². The summed E-state index contributed by atoms with van der Waals surface area (Å²) in [6.07, 6.45) is 10.1. The minimum atomic E-state index is -3.47. The second-order valence-corrected chi connectivity index (χ2v) is 9.78. The lowest BCUT2D eigenvalue weighted by Gasteiger charge is -2.25. The molecule has 0 atom stereocenters. The van der Waals surface area contributed by atoms with Gasteiger partial charge in [-0.05, 0) is 31.4 Å². The van der Waals surface area contributed by atoms with Gasteiger partial charge in [-0.2, -0.15) is 0 Å². The molecule has 1 aliphatic carbocycles. The number of carbonyl (C=O) groups excluding carboxylic acids is 1. The molecule has 0 bridgehead atoms. The first-order valence-corrected chi connectivity index (χ1v) is 12.4. The van der Waals surface area contributed by atoms with Gasteiger partial charge in [0.15, 0.2) is 11.5 Å². The van der Waals surface area contributed by atoms with E-state index in [4.69, 9.17) is 9.47 Å². The Kier molecular flexibility index (Phi) is 7.64. The van der Waals surface area contributed by atoms with Crippen molar-refractivity contribution in [2.75, 3.05) is 30.3 Å². The molecule has 162 valence electrons. The Morgan fingerprint density at radius 3 is 2.41 bits per heavy atom. The molecule has 1 N–H and O–H groups in total. The summed E-state index contributed by atoms with van der Waals surface area (Å²) in [6.45, 7) is 1.17. The van der Waals surface area contributed by atoms with E-state index in [1.165, 1.54) is 29.8 Å².